The van der Waals surface area contributed by atoms with Crippen LogP contribution in [0.5, 0.6) is 5.75 Å². The van der Waals surface area contributed by atoms with Crippen LogP contribution in [0.15, 0.2) is 36.4 Å². The van der Waals surface area contributed by atoms with Crippen molar-refractivity contribution in [3.8, 4) is 22.6 Å². The second-order valence-corrected chi connectivity index (χ2v) is 8.97. The standard InChI is InChI=1S/C21H21ClN2OS2/c1-5-25-14-8-9-17-15(11-14)18-19(21(3,4)23-17)27-24(20(18)26)13-7-6-12(2)16(22)10-13/h6-11,23H,5H2,1-4H3. The molecule has 27 heavy (non-hydrogen) atoms. The number of benzene rings is 2. The third-order valence-corrected chi connectivity index (χ3v) is 7.17. The van der Waals surface area contributed by atoms with Gasteiger partial charge in [0.15, 0.2) is 0 Å². The topological polar surface area (TPSA) is 26.2 Å². The Morgan fingerprint density at radius 3 is 2.70 bits per heavy atom. The summed E-state index contributed by atoms with van der Waals surface area (Å²) < 4.78 is 8.62. The molecule has 4 rings (SSSR count). The van der Waals surface area contributed by atoms with Crippen LogP contribution in [-0.2, 0) is 5.54 Å². The van der Waals surface area contributed by atoms with Crippen molar-refractivity contribution >= 4 is 41.0 Å². The molecule has 1 aliphatic rings. The van der Waals surface area contributed by atoms with Crippen LogP contribution in [0.4, 0.5) is 5.69 Å². The summed E-state index contributed by atoms with van der Waals surface area (Å²) in [7, 11) is 0. The fraction of sp³-hybridized carbons (Fsp3) is 0.286. The normalized spacial score (nSPS) is 14.3. The summed E-state index contributed by atoms with van der Waals surface area (Å²) >= 11 is 14.0. The highest BCUT2D eigenvalue weighted by Crippen LogP contribution is 2.48. The predicted molar refractivity (Wildman–Crippen MR) is 117 cm³/mol. The van der Waals surface area contributed by atoms with E-state index in [9.17, 15) is 0 Å². The van der Waals surface area contributed by atoms with Crippen LogP contribution in [0.1, 0.15) is 31.2 Å². The van der Waals surface area contributed by atoms with Crippen LogP contribution in [-0.4, -0.2) is 10.6 Å². The van der Waals surface area contributed by atoms with Gasteiger partial charge >= 0.3 is 0 Å². The lowest BCUT2D eigenvalue weighted by Gasteiger charge is -2.33. The minimum Gasteiger partial charge on any atom is -0.494 e. The molecule has 0 atom stereocenters. The predicted octanol–water partition coefficient (Wildman–Crippen LogP) is 6.96. The molecule has 3 nitrogen and oxygen atoms in total. The van der Waals surface area contributed by atoms with Crippen LogP contribution < -0.4 is 10.1 Å². The zero-order valence-corrected chi connectivity index (χ0v) is 18.1. The Kier molecular flexibility index (Phi) is 4.57. The quantitative estimate of drug-likeness (QED) is 0.467. The zero-order valence-electron chi connectivity index (χ0n) is 15.7. The number of hydrogen-bond donors (Lipinski definition) is 1. The summed E-state index contributed by atoms with van der Waals surface area (Å²) in [5.74, 6) is 0.856. The first kappa shape index (κ1) is 18.5. The summed E-state index contributed by atoms with van der Waals surface area (Å²) in [5, 5.41) is 4.39. The minimum atomic E-state index is -0.215. The Morgan fingerprint density at radius 1 is 1.22 bits per heavy atom. The molecular formula is C21H21ClN2OS2. The molecule has 0 radical (unpaired) electrons. The van der Waals surface area contributed by atoms with Gasteiger partial charge in [0.25, 0.3) is 0 Å². The third-order valence-electron chi connectivity index (χ3n) is 4.78. The maximum absolute atomic E-state index is 6.36. The van der Waals surface area contributed by atoms with Crippen molar-refractivity contribution in [2.75, 3.05) is 11.9 Å². The number of ether oxygens (including phenoxy) is 1. The first-order chi connectivity index (χ1) is 12.8. The summed E-state index contributed by atoms with van der Waals surface area (Å²) in [5.41, 5.74) is 5.11. The van der Waals surface area contributed by atoms with E-state index in [0.717, 1.165) is 43.5 Å². The van der Waals surface area contributed by atoms with Gasteiger partial charge in [-0.15, -0.1) is 0 Å². The lowest BCUT2D eigenvalue weighted by atomic mass is 9.90. The van der Waals surface area contributed by atoms with Crippen LogP contribution >= 0.6 is 35.4 Å². The van der Waals surface area contributed by atoms with Gasteiger partial charge in [0.2, 0.25) is 0 Å². The molecule has 1 aromatic heterocycles. The number of fused-ring (bicyclic) bond motifs is 3. The van der Waals surface area contributed by atoms with Crippen LogP contribution in [0.3, 0.4) is 0 Å². The summed E-state index contributed by atoms with van der Waals surface area (Å²) in [4.78, 5) is 1.21. The largest absolute Gasteiger partial charge is 0.494 e. The third kappa shape index (κ3) is 3.08. The van der Waals surface area contributed by atoms with E-state index in [1.807, 2.05) is 32.0 Å². The molecule has 0 unspecified atom stereocenters. The number of aromatic nitrogens is 1. The number of nitrogens with one attached hydrogen (secondary N) is 1. The second kappa shape index (κ2) is 6.66. The van der Waals surface area contributed by atoms with Crippen LogP contribution in [0.25, 0.3) is 16.8 Å². The van der Waals surface area contributed by atoms with Gasteiger partial charge in [0.05, 0.1) is 22.7 Å². The number of halogens is 1. The molecule has 2 aromatic carbocycles. The van der Waals surface area contributed by atoms with Crippen molar-refractivity contribution in [1.29, 1.82) is 0 Å². The smallest absolute Gasteiger partial charge is 0.129 e. The minimum absolute atomic E-state index is 0.215. The van der Waals surface area contributed by atoms with E-state index >= 15 is 0 Å². The molecule has 0 spiro atoms. The summed E-state index contributed by atoms with van der Waals surface area (Å²) in [6.07, 6.45) is 0. The van der Waals surface area contributed by atoms with E-state index in [4.69, 9.17) is 28.6 Å². The highest BCUT2D eigenvalue weighted by Gasteiger charge is 2.34. The van der Waals surface area contributed by atoms with E-state index in [0.29, 0.717) is 6.61 Å². The van der Waals surface area contributed by atoms with Gasteiger partial charge in [-0.2, -0.15) is 0 Å². The first-order valence-electron chi connectivity index (χ1n) is 8.90. The zero-order chi connectivity index (χ0) is 19.3. The molecule has 0 saturated carbocycles. The van der Waals surface area contributed by atoms with Gasteiger partial charge in [-0.25, -0.2) is 0 Å². The summed E-state index contributed by atoms with van der Waals surface area (Å²) in [6.45, 7) is 9.00. The van der Waals surface area contributed by atoms with Crippen molar-refractivity contribution in [2.45, 2.75) is 33.2 Å². The fourth-order valence-electron chi connectivity index (χ4n) is 3.41. The molecule has 2 heterocycles. The first-order valence-corrected chi connectivity index (χ1v) is 10.5. The van der Waals surface area contributed by atoms with Crippen molar-refractivity contribution in [3.63, 3.8) is 0 Å². The highest BCUT2D eigenvalue weighted by molar-refractivity contribution is 7.71. The van der Waals surface area contributed by atoms with Crippen molar-refractivity contribution < 1.29 is 4.74 Å². The second-order valence-electron chi connectivity index (χ2n) is 7.22. The number of aryl methyl sites for hydroxylation is 1. The Morgan fingerprint density at radius 2 is 2.00 bits per heavy atom. The molecule has 0 amide bonds. The van der Waals surface area contributed by atoms with Gasteiger partial charge in [-0.1, -0.05) is 41.4 Å². The lowest BCUT2D eigenvalue weighted by Crippen LogP contribution is -2.30. The number of anilines is 1. The average molecular weight is 417 g/mol. The number of nitrogens with zero attached hydrogens (tertiary/aromatic N) is 1. The fourth-order valence-corrected chi connectivity index (χ4v) is 5.23. The Balaban J connectivity index is 1.96. The maximum atomic E-state index is 6.36. The van der Waals surface area contributed by atoms with E-state index in [-0.39, 0.29) is 5.54 Å². The molecule has 1 N–H and O–H groups in total. The van der Waals surface area contributed by atoms with Crippen molar-refractivity contribution in [2.24, 2.45) is 0 Å². The van der Waals surface area contributed by atoms with Crippen LogP contribution in [0.2, 0.25) is 5.02 Å². The molecule has 0 fully saturated rings. The molecule has 0 saturated heterocycles. The van der Waals surface area contributed by atoms with Gasteiger partial charge in [0, 0.05) is 21.8 Å². The van der Waals surface area contributed by atoms with E-state index in [2.05, 4.69) is 41.3 Å². The average Bonchev–Trinajstić information content (AvgIpc) is 2.97. The Bertz CT molecular complexity index is 1100. The molecule has 1 aliphatic heterocycles. The van der Waals surface area contributed by atoms with Crippen molar-refractivity contribution in [1.82, 2.24) is 3.96 Å². The lowest BCUT2D eigenvalue weighted by molar-refractivity contribution is 0.340. The van der Waals surface area contributed by atoms with Gasteiger partial charge < -0.3 is 10.1 Å². The molecule has 140 valence electrons. The van der Waals surface area contributed by atoms with Crippen molar-refractivity contribution in [3.05, 3.63) is 56.5 Å². The summed E-state index contributed by atoms with van der Waals surface area (Å²) in [6, 6.07) is 12.2. The Hall–Kier alpha value is -1.82. The molecule has 0 bridgehead atoms. The van der Waals surface area contributed by atoms with E-state index < -0.39 is 0 Å². The Labute approximate surface area is 173 Å². The monoisotopic (exact) mass is 416 g/mol. The van der Waals surface area contributed by atoms with Gasteiger partial charge in [-0.3, -0.25) is 3.96 Å². The SMILES string of the molecule is CCOc1ccc2c(c1)-c1c(sn(-c3ccc(C)c(Cl)c3)c1=S)C(C)(C)N2. The number of rotatable bonds is 3. The highest BCUT2D eigenvalue weighted by atomic mass is 35.5. The van der Waals surface area contributed by atoms with E-state index in [1.165, 1.54) is 4.88 Å². The number of hydrogen-bond acceptors (Lipinski definition) is 4. The molecular weight excluding hydrogens is 396 g/mol. The molecule has 3 aromatic rings. The molecule has 0 aliphatic carbocycles. The van der Waals surface area contributed by atoms with Gasteiger partial charge in [-0.05, 0) is 63.6 Å². The molecule has 6 heteroatoms. The van der Waals surface area contributed by atoms with E-state index in [1.54, 1.807) is 11.5 Å². The van der Waals surface area contributed by atoms with Crippen LogP contribution in [0, 0.1) is 11.6 Å². The van der Waals surface area contributed by atoms with Gasteiger partial charge in [0.1, 0.15) is 10.4 Å². The maximum Gasteiger partial charge on any atom is 0.129 e.